The van der Waals surface area contributed by atoms with Crippen LogP contribution in [-0.4, -0.2) is 28.2 Å². The monoisotopic (exact) mass is 298 g/mol. The molecule has 0 spiro atoms. The predicted molar refractivity (Wildman–Crippen MR) is 78.6 cm³/mol. The molecule has 0 aromatic rings. The van der Waals surface area contributed by atoms with E-state index >= 15 is 0 Å². The summed E-state index contributed by atoms with van der Waals surface area (Å²) in [6.07, 6.45) is 6.49. The van der Waals surface area contributed by atoms with Crippen LogP contribution in [0.25, 0.3) is 0 Å². The van der Waals surface area contributed by atoms with Crippen molar-refractivity contribution in [1.82, 2.24) is 5.32 Å². The molecule has 4 saturated carbocycles. The van der Waals surface area contributed by atoms with Crippen LogP contribution in [0.5, 0.6) is 0 Å². The molecule has 5 aliphatic rings. The number of carbonyl (C=O) groups is 1. The van der Waals surface area contributed by atoms with E-state index in [4.69, 9.17) is 11.6 Å². The summed E-state index contributed by atoms with van der Waals surface area (Å²) in [6.45, 7) is 0.831. The van der Waals surface area contributed by atoms with Crippen LogP contribution in [0.4, 0.5) is 0 Å². The number of nitrogens with one attached hydrogen (secondary N) is 1. The molecule has 19 heavy (non-hydrogen) atoms. The van der Waals surface area contributed by atoms with Gasteiger partial charge in [-0.15, -0.1) is 11.6 Å². The molecule has 5 heteroatoms. The number of rotatable bonds is 1. The highest BCUT2D eigenvalue weighted by Gasteiger charge is 2.60. The highest BCUT2D eigenvalue weighted by molar-refractivity contribution is 8.14. The van der Waals surface area contributed by atoms with Crippen molar-refractivity contribution in [2.75, 3.05) is 12.3 Å². The van der Waals surface area contributed by atoms with Crippen LogP contribution in [0.3, 0.4) is 0 Å². The summed E-state index contributed by atoms with van der Waals surface area (Å²) in [5.74, 6) is 2.53. The molecule has 2 atom stereocenters. The Labute approximate surface area is 122 Å². The summed E-state index contributed by atoms with van der Waals surface area (Å²) in [5.41, 5.74) is -0.197. The van der Waals surface area contributed by atoms with Gasteiger partial charge >= 0.3 is 0 Å². The molecule has 0 aromatic carbocycles. The van der Waals surface area contributed by atoms with Crippen molar-refractivity contribution in [3.8, 4) is 0 Å². The summed E-state index contributed by atoms with van der Waals surface area (Å²) < 4.78 is 0. The first kappa shape index (κ1) is 12.5. The van der Waals surface area contributed by atoms with Crippen LogP contribution in [0.1, 0.15) is 38.5 Å². The lowest BCUT2D eigenvalue weighted by molar-refractivity contribution is -0.142. The van der Waals surface area contributed by atoms with Crippen LogP contribution >= 0.6 is 23.4 Å². The van der Waals surface area contributed by atoms with Gasteiger partial charge in [0, 0.05) is 10.6 Å². The van der Waals surface area contributed by atoms with Crippen molar-refractivity contribution < 1.29 is 4.79 Å². The van der Waals surface area contributed by atoms with Gasteiger partial charge in [0.2, 0.25) is 5.91 Å². The van der Waals surface area contributed by atoms with E-state index in [1.54, 1.807) is 11.8 Å². The summed E-state index contributed by atoms with van der Waals surface area (Å²) in [5, 5.41) is 3.89. The Bertz CT molecular complexity index is 450. The number of amides is 1. The minimum atomic E-state index is -0.197. The van der Waals surface area contributed by atoms with E-state index in [-0.39, 0.29) is 16.2 Å². The second kappa shape index (κ2) is 4.14. The third-order valence-electron chi connectivity index (χ3n) is 5.28. The van der Waals surface area contributed by atoms with Gasteiger partial charge in [0.1, 0.15) is 0 Å². The molecule has 104 valence electrons. The molecule has 0 radical (unpaired) electrons. The first-order valence-corrected chi connectivity index (χ1v) is 8.61. The van der Waals surface area contributed by atoms with Gasteiger partial charge in [-0.2, -0.15) is 0 Å². The third-order valence-corrected chi connectivity index (χ3v) is 6.61. The second-order valence-corrected chi connectivity index (χ2v) is 8.77. The minimum Gasteiger partial charge on any atom is -0.305 e. The van der Waals surface area contributed by atoms with Crippen molar-refractivity contribution in [3.63, 3.8) is 0 Å². The Hall–Kier alpha value is -0.220. The number of thioether (sulfide) groups is 1. The molecule has 0 aromatic heterocycles. The van der Waals surface area contributed by atoms with Gasteiger partial charge in [-0.05, 0) is 50.4 Å². The number of hydrogen-bond acceptors (Lipinski definition) is 3. The molecule has 0 saturated heterocycles. The molecule has 1 N–H and O–H groups in total. The lowest BCUT2D eigenvalue weighted by Crippen LogP contribution is -2.58. The number of carbonyl (C=O) groups excluding carboxylic acids is 1. The van der Waals surface area contributed by atoms with Crippen LogP contribution in [0, 0.1) is 17.3 Å². The minimum absolute atomic E-state index is 0.0912. The fourth-order valence-electron chi connectivity index (χ4n) is 5.06. The van der Waals surface area contributed by atoms with E-state index in [1.807, 2.05) is 0 Å². The lowest BCUT2D eigenvalue weighted by Gasteiger charge is -2.59. The fourth-order valence-corrected chi connectivity index (χ4v) is 6.47. The first-order valence-electron chi connectivity index (χ1n) is 7.25. The van der Waals surface area contributed by atoms with Crippen LogP contribution in [-0.2, 0) is 4.79 Å². The molecule has 1 amide bonds. The van der Waals surface area contributed by atoms with Gasteiger partial charge in [-0.3, -0.25) is 9.79 Å². The summed E-state index contributed by atoms with van der Waals surface area (Å²) in [6, 6.07) is 0. The molecule has 4 aliphatic carbocycles. The summed E-state index contributed by atoms with van der Waals surface area (Å²) >= 11 is 8.42. The molecule has 1 aliphatic heterocycles. The average Bonchev–Trinajstić information content (AvgIpc) is 2.78. The van der Waals surface area contributed by atoms with Crippen molar-refractivity contribution in [2.45, 2.75) is 43.4 Å². The van der Waals surface area contributed by atoms with Crippen molar-refractivity contribution in [1.29, 1.82) is 0 Å². The number of halogens is 1. The molecule has 4 bridgehead atoms. The maximum Gasteiger partial charge on any atom is 0.232 e. The molecule has 3 nitrogen and oxygen atoms in total. The predicted octanol–water partition coefficient (Wildman–Crippen LogP) is 2.78. The highest BCUT2D eigenvalue weighted by Crippen LogP contribution is 2.63. The summed E-state index contributed by atoms with van der Waals surface area (Å²) in [7, 11) is 0. The number of aliphatic imine (C=N–C) groups is 1. The quantitative estimate of drug-likeness (QED) is 0.756. The van der Waals surface area contributed by atoms with Gasteiger partial charge in [0.15, 0.2) is 5.17 Å². The number of alkyl halides is 1. The highest BCUT2D eigenvalue weighted by atomic mass is 35.5. The summed E-state index contributed by atoms with van der Waals surface area (Å²) in [4.78, 5) is 17.0. The zero-order valence-electron chi connectivity index (χ0n) is 11.0. The van der Waals surface area contributed by atoms with Gasteiger partial charge in [-0.25, -0.2) is 0 Å². The lowest BCUT2D eigenvalue weighted by atomic mass is 9.49. The standard InChI is InChI=1S/C14H19ClN2OS/c15-14-6-9-3-10(7-14)5-13(4-9,8-14)11(18)17-12-16-1-2-19-12/h9-10H,1-8H2,(H,16,17,18)/t9-,10-,13?,14?/m1/s1. The zero-order chi connectivity index (χ0) is 13.1. The molecule has 0 unspecified atom stereocenters. The fraction of sp³-hybridized carbons (Fsp3) is 0.857. The molecule has 1 heterocycles. The average molecular weight is 299 g/mol. The van der Waals surface area contributed by atoms with E-state index < -0.39 is 0 Å². The van der Waals surface area contributed by atoms with E-state index in [0.717, 1.165) is 49.6 Å². The van der Waals surface area contributed by atoms with E-state index in [0.29, 0.717) is 11.8 Å². The molecule has 4 fully saturated rings. The number of amidine groups is 1. The Balaban J connectivity index is 1.57. The maximum atomic E-state index is 12.7. The zero-order valence-corrected chi connectivity index (χ0v) is 12.5. The van der Waals surface area contributed by atoms with Crippen LogP contribution < -0.4 is 5.32 Å². The SMILES string of the molecule is O=C(NC1=NCCS1)C12C[C@H]3C[C@@H](CC(Cl)(C3)C1)C2. The topological polar surface area (TPSA) is 41.5 Å². The van der Waals surface area contributed by atoms with E-state index in [2.05, 4.69) is 10.3 Å². The molecular formula is C14H19ClN2OS. The Morgan fingerprint density at radius 2 is 2.05 bits per heavy atom. The van der Waals surface area contributed by atoms with Crippen molar-refractivity contribution in [3.05, 3.63) is 0 Å². The van der Waals surface area contributed by atoms with Gasteiger partial charge in [-0.1, -0.05) is 11.8 Å². The molecular weight excluding hydrogens is 280 g/mol. The second-order valence-electron chi connectivity index (χ2n) is 6.88. The van der Waals surface area contributed by atoms with Crippen molar-refractivity contribution in [2.24, 2.45) is 22.2 Å². The Kier molecular flexibility index (Phi) is 2.73. The number of hydrogen-bond donors (Lipinski definition) is 1. The van der Waals surface area contributed by atoms with Gasteiger partial charge < -0.3 is 5.32 Å². The largest absolute Gasteiger partial charge is 0.305 e. The number of nitrogens with zero attached hydrogens (tertiary/aromatic N) is 1. The Morgan fingerprint density at radius 3 is 2.63 bits per heavy atom. The normalized spacial score (nSPS) is 47.3. The molecule has 5 rings (SSSR count). The van der Waals surface area contributed by atoms with E-state index in [9.17, 15) is 4.79 Å². The van der Waals surface area contributed by atoms with Gasteiger partial charge in [0.05, 0.1) is 12.0 Å². The van der Waals surface area contributed by atoms with E-state index in [1.165, 1.54) is 6.42 Å². The first-order chi connectivity index (χ1) is 9.07. The van der Waals surface area contributed by atoms with Crippen LogP contribution in [0.15, 0.2) is 4.99 Å². The van der Waals surface area contributed by atoms with Crippen molar-refractivity contribution >= 4 is 34.4 Å². The van der Waals surface area contributed by atoms with Crippen LogP contribution in [0.2, 0.25) is 0 Å². The smallest absolute Gasteiger partial charge is 0.232 e. The maximum absolute atomic E-state index is 12.7. The van der Waals surface area contributed by atoms with Gasteiger partial charge in [0.25, 0.3) is 0 Å². The third kappa shape index (κ3) is 2.02. The Morgan fingerprint density at radius 1 is 1.32 bits per heavy atom.